The highest BCUT2D eigenvalue weighted by Crippen LogP contribution is 2.16. The lowest BCUT2D eigenvalue weighted by Crippen LogP contribution is -2.01. The molecule has 0 aliphatic heterocycles. The third kappa shape index (κ3) is 2.93. The van der Waals surface area contributed by atoms with Crippen molar-refractivity contribution in [2.75, 3.05) is 5.32 Å². The number of hydrogen-bond acceptors (Lipinski definition) is 2. The molecule has 17 heavy (non-hydrogen) atoms. The molecule has 0 aromatic heterocycles. The topological polar surface area (TPSA) is 32.3 Å². The molecule has 0 saturated carbocycles. The summed E-state index contributed by atoms with van der Waals surface area (Å²) in [7, 11) is 0. The van der Waals surface area contributed by atoms with Crippen LogP contribution in [0.25, 0.3) is 0 Å². The van der Waals surface area contributed by atoms with Crippen molar-refractivity contribution >= 4 is 5.69 Å². The van der Waals surface area contributed by atoms with Crippen LogP contribution in [0.3, 0.4) is 0 Å². The van der Waals surface area contributed by atoms with E-state index in [2.05, 4.69) is 5.32 Å². The second kappa shape index (κ2) is 4.82. The number of aromatic hydroxyl groups is 1. The van der Waals surface area contributed by atoms with Gasteiger partial charge >= 0.3 is 0 Å². The maximum atomic E-state index is 13.3. The number of halogens is 2. The molecule has 0 radical (unpaired) electrons. The standard InChI is InChI=1S/C13H11F2NO/c14-10-2-1-9(13(15)7-10)8-16-11-3-5-12(17)6-4-11/h1-7,16-17H,8H2. The van der Waals surface area contributed by atoms with E-state index in [-0.39, 0.29) is 12.3 Å². The van der Waals surface area contributed by atoms with Gasteiger partial charge in [-0.05, 0) is 30.3 Å². The predicted octanol–water partition coefficient (Wildman–Crippen LogP) is 3.28. The minimum atomic E-state index is -0.587. The molecule has 2 aromatic rings. The highest BCUT2D eigenvalue weighted by Gasteiger charge is 2.03. The van der Waals surface area contributed by atoms with E-state index in [4.69, 9.17) is 5.11 Å². The van der Waals surface area contributed by atoms with Gasteiger partial charge in [0.2, 0.25) is 0 Å². The van der Waals surface area contributed by atoms with Crippen molar-refractivity contribution in [3.05, 3.63) is 59.7 Å². The summed E-state index contributed by atoms with van der Waals surface area (Å²) in [5, 5.41) is 12.1. The van der Waals surface area contributed by atoms with Crippen molar-refractivity contribution in [2.45, 2.75) is 6.54 Å². The molecule has 0 aliphatic carbocycles. The second-order valence-electron chi connectivity index (χ2n) is 3.64. The number of benzene rings is 2. The Kier molecular flexibility index (Phi) is 3.23. The molecule has 2 nitrogen and oxygen atoms in total. The van der Waals surface area contributed by atoms with Gasteiger partial charge in [-0.25, -0.2) is 8.78 Å². The van der Waals surface area contributed by atoms with Crippen molar-refractivity contribution in [3.8, 4) is 5.75 Å². The van der Waals surface area contributed by atoms with Crippen molar-refractivity contribution in [3.63, 3.8) is 0 Å². The van der Waals surface area contributed by atoms with Crippen LogP contribution in [0.4, 0.5) is 14.5 Å². The number of nitrogens with one attached hydrogen (secondary N) is 1. The van der Waals surface area contributed by atoms with Crippen LogP contribution in [-0.2, 0) is 6.54 Å². The zero-order valence-electron chi connectivity index (χ0n) is 8.95. The van der Waals surface area contributed by atoms with Crippen molar-refractivity contribution in [1.82, 2.24) is 0 Å². The average molecular weight is 235 g/mol. The Hall–Kier alpha value is -2.10. The number of anilines is 1. The normalized spacial score (nSPS) is 10.2. The minimum Gasteiger partial charge on any atom is -0.508 e. The van der Waals surface area contributed by atoms with Gasteiger partial charge in [-0.15, -0.1) is 0 Å². The molecule has 0 spiro atoms. The molecule has 2 rings (SSSR count). The van der Waals surface area contributed by atoms with E-state index in [0.29, 0.717) is 5.56 Å². The van der Waals surface area contributed by atoms with Crippen LogP contribution >= 0.6 is 0 Å². The van der Waals surface area contributed by atoms with Crippen molar-refractivity contribution in [2.24, 2.45) is 0 Å². The first-order valence-electron chi connectivity index (χ1n) is 5.12. The second-order valence-corrected chi connectivity index (χ2v) is 3.64. The summed E-state index contributed by atoms with van der Waals surface area (Å²) in [5.74, 6) is -0.990. The fourth-order valence-corrected chi connectivity index (χ4v) is 1.44. The monoisotopic (exact) mass is 235 g/mol. The Morgan fingerprint density at radius 3 is 2.35 bits per heavy atom. The Morgan fingerprint density at radius 1 is 1.00 bits per heavy atom. The summed E-state index contributed by atoms with van der Waals surface area (Å²) in [6, 6.07) is 9.89. The molecule has 2 aromatic carbocycles. The first kappa shape index (κ1) is 11.4. The number of phenolic OH excluding ortho intramolecular Hbond substituents is 1. The van der Waals surface area contributed by atoms with Crippen LogP contribution in [0, 0.1) is 11.6 Å². The Bertz CT molecular complexity index is 511. The summed E-state index contributed by atoms with van der Waals surface area (Å²) in [4.78, 5) is 0. The van der Waals surface area contributed by atoms with E-state index < -0.39 is 11.6 Å². The molecule has 88 valence electrons. The zero-order chi connectivity index (χ0) is 12.3. The molecule has 0 fully saturated rings. The molecule has 0 heterocycles. The number of phenols is 1. The van der Waals surface area contributed by atoms with E-state index in [1.165, 1.54) is 24.3 Å². The molecule has 0 bridgehead atoms. The minimum absolute atomic E-state index is 0.170. The van der Waals surface area contributed by atoms with Crippen LogP contribution in [0.5, 0.6) is 5.75 Å². The first-order chi connectivity index (χ1) is 8.15. The lowest BCUT2D eigenvalue weighted by molar-refractivity contribution is 0.475. The summed E-state index contributed by atoms with van der Waals surface area (Å²) >= 11 is 0. The van der Waals surface area contributed by atoms with Gasteiger partial charge < -0.3 is 10.4 Å². The Labute approximate surface area is 97.5 Å². The molecule has 2 N–H and O–H groups in total. The van der Waals surface area contributed by atoms with Gasteiger partial charge in [0.1, 0.15) is 17.4 Å². The van der Waals surface area contributed by atoms with Crippen LogP contribution in [0.15, 0.2) is 42.5 Å². The van der Waals surface area contributed by atoms with Gasteiger partial charge in [-0.3, -0.25) is 0 Å². The maximum Gasteiger partial charge on any atom is 0.131 e. The largest absolute Gasteiger partial charge is 0.508 e. The van der Waals surface area contributed by atoms with Gasteiger partial charge in [0.15, 0.2) is 0 Å². The third-order valence-corrected chi connectivity index (χ3v) is 2.37. The number of hydrogen-bond donors (Lipinski definition) is 2. The van der Waals surface area contributed by atoms with E-state index in [1.807, 2.05) is 0 Å². The van der Waals surface area contributed by atoms with Gasteiger partial charge in [0, 0.05) is 23.9 Å². The molecular weight excluding hydrogens is 224 g/mol. The quantitative estimate of drug-likeness (QED) is 0.800. The lowest BCUT2D eigenvalue weighted by atomic mass is 10.2. The van der Waals surface area contributed by atoms with Crippen LogP contribution in [-0.4, -0.2) is 5.11 Å². The molecular formula is C13H11F2NO. The number of rotatable bonds is 3. The molecule has 4 heteroatoms. The van der Waals surface area contributed by atoms with E-state index >= 15 is 0 Å². The van der Waals surface area contributed by atoms with Crippen LogP contribution in [0.1, 0.15) is 5.56 Å². The highest BCUT2D eigenvalue weighted by atomic mass is 19.1. The van der Waals surface area contributed by atoms with E-state index in [9.17, 15) is 8.78 Å². The van der Waals surface area contributed by atoms with Gasteiger partial charge in [-0.2, -0.15) is 0 Å². The van der Waals surface area contributed by atoms with Crippen LogP contribution < -0.4 is 5.32 Å². The molecule has 0 aliphatic rings. The Morgan fingerprint density at radius 2 is 1.71 bits per heavy atom. The molecule has 0 atom stereocenters. The summed E-state index contributed by atoms with van der Waals surface area (Å²) in [6.07, 6.45) is 0. The third-order valence-electron chi connectivity index (χ3n) is 2.37. The van der Waals surface area contributed by atoms with Gasteiger partial charge in [-0.1, -0.05) is 6.07 Å². The van der Waals surface area contributed by atoms with Crippen LogP contribution in [0.2, 0.25) is 0 Å². The Balaban J connectivity index is 2.04. The summed E-state index contributed by atoms with van der Waals surface area (Å²) in [6.45, 7) is 0.261. The molecule has 0 saturated heterocycles. The highest BCUT2D eigenvalue weighted by molar-refractivity contribution is 5.46. The van der Waals surface area contributed by atoms with Gasteiger partial charge in [0.25, 0.3) is 0 Å². The average Bonchev–Trinajstić information content (AvgIpc) is 2.30. The van der Waals surface area contributed by atoms with E-state index in [0.717, 1.165) is 11.8 Å². The summed E-state index contributed by atoms with van der Waals surface area (Å²) < 4.78 is 26.0. The zero-order valence-corrected chi connectivity index (χ0v) is 8.95. The van der Waals surface area contributed by atoms with Crippen molar-refractivity contribution in [1.29, 1.82) is 0 Å². The lowest BCUT2D eigenvalue weighted by Gasteiger charge is -2.07. The molecule has 0 unspecified atom stereocenters. The fourth-order valence-electron chi connectivity index (χ4n) is 1.44. The van der Waals surface area contributed by atoms with E-state index in [1.54, 1.807) is 12.1 Å². The van der Waals surface area contributed by atoms with Crippen molar-refractivity contribution < 1.29 is 13.9 Å². The maximum absolute atomic E-state index is 13.3. The van der Waals surface area contributed by atoms with Gasteiger partial charge in [0.05, 0.1) is 0 Å². The predicted molar refractivity (Wildman–Crippen MR) is 61.8 cm³/mol. The SMILES string of the molecule is Oc1ccc(NCc2ccc(F)cc2F)cc1. The summed E-state index contributed by atoms with van der Waals surface area (Å²) in [5.41, 5.74) is 1.14. The smallest absolute Gasteiger partial charge is 0.131 e. The molecule has 0 amide bonds. The first-order valence-corrected chi connectivity index (χ1v) is 5.12. The fraction of sp³-hybridized carbons (Fsp3) is 0.0769.